The van der Waals surface area contributed by atoms with E-state index in [9.17, 15) is 43.8 Å². The number of unbranched alkanes of at least 4 members (excludes halogenated alkanes) is 27. The van der Waals surface area contributed by atoms with Gasteiger partial charge in [-0.15, -0.1) is 61.6 Å². The lowest BCUT2D eigenvalue weighted by Gasteiger charge is -2.35. The van der Waals surface area contributed by atoms with E-state index in [0.717, 1.165) is 95.4 Å². The van der Waals surface area contributed by atoms with Gasteiger partial charge >= 0.3 is 41.8 Å². The molecule has 1 saturated heterocycles. The quantitative estimate of drug-likeness (QED) is 0.00797. The van der Waals surface area contributed by atoms with E-state index < -0.39 is 86.9 Å². The Bertz CT molecular complexity index is 4550. The summed E-state index contributed by atoms with van der Waals surface area (Å²) in [5.41, 5.74) is 1.31. The predicted octanol–water partition coefficient (Wildman–Crippen LogP) is 33.9. The van der Waals surface area contributed by atoms with Crippen LogP contribution in [-0.2, 0) is 66.7 Å². The maximum absolute atomic E-state index is 13.7. The largest absolute Gasteiger partial charge is 0.481 e. The van der Waals surface area contributed by atoms with Gasteiger partial charge in [-0.05, 0) is 230 Å². The Kier molecular flexibility index (Phi) is 63.6. The number of esters is 5. The van der Waals surface area contributed by atoms with Crippen molar-refractivity contribution in [3.8, 4) is 0 Å². The van der Waals surface area contributed by atoms with E-state index in [1.54, 1.807) is 85.2 Å². The van der Waals surface area contributed by atoms with Crippen LogP contribution < -0.4 is 0 Å². The SMILES string of the molecule is C=CC1CC(C=C)C(COCOC(=O)C(C)(C)CC(c2ccccc2)C(C(=O)O)C(CC(SC(=S)SCCCCCCCCCCCC)c2ccccc2)C(=O)O)C1.C=CC1CC(C=C)C(COCOC(=O)C(C)(C)CC(c2ccccc2)C2C(=O)OC(=O)C2CC(SC(=S)SCCCCCCCCCCCC)c2ccccc2)C1.CCCCCCCCCCCCSC(=S)SC(C)(C)C(=O)OCOCC1CC2C=CC1C2. The molecule has 147 heavy (non-hydrogen) atoms. The summed E-state index contributed by atoms with van der Waals surface area (Å²) in [6.07, 6.45) is 58.6. The first-order chi connectivity index (χ1) is 70.9. The fourth-order valence-electron chi connectivity index (χ4n) is 21.2. The molecule has 4 aromatic rings. The fraction of sp³-hybridized carbons (Fsp3) is 0.639. The van der Waals surface area contributed by atoms with E-state index in [1.165, 1.54) is 210 Å². The lowest BCUT2D eigenvalue weighted by atomic mass is 9.69. The molecule has 3 saturated carbocycles. The molecule has 0 aromatic heterocycles. The van der Waals surface area contributed by atoms with E-state index >= 15 is 0 Å². The van der Waals surface area contributed by atoms with Crippen molar-refractivity contribution in [1.29, 1.82) is 0 Å². The number of thioether (sulfide) groups is 6. The van der Waals surface area contributed by atoms with Crippen molar-refractivity contribution in [3.05, 3.63) is 206 Å². The van der Waals surface area contributed by atoms with E-state index in [4.69, 9.17) is 69.8 Å². The van der Waals surface area contributed by atoms with Crippen molar-refractivity contribution in [2.45, 2.75) is 346 Å². The summed E-state index contributed by atoms with van der Waals surface area (Å²) >= 11 is 26.8. The number of carboxylic acids is 2. The number of hydrogen-bond donors (Lipinski definition) is 2. The van der Waals surface area contributed by atoms with Crippen LogP contribution in [0.1, 0.15) is 364 Å². The molecule has 0 amide bonds. The van der Waals surface area contributed by atoms with Gasteiger partial charge in [0, 0.05) is 10.5 Å². The summed E-state index contributed by atoms with van der Waals surface area (Å²) in [6, 6.07) is 38.4. The number of aliphatic carboxylic acids is 2. The van der Waals surface area contributed by atoms with Crippen LogP contribution in [0.25, 0.3) is 0 Å². The molecule has 4 fully saturated rings. The van der Waals surface area contributed by atoms with E-state index in [2.05, 4.69) is 71.4 Å². The number of hydrogen-bond acceptors (Lipinski definition) is 23. The van der Waals surface area contributed by atoms with Crippen LogP contribution in [-0.4, -0.2) is 125 Å². The van der Waals surface area contributed by atoms with Gasteiger partial charge in [0.15, 0.2) is 20.4 Å². The predicted molar refractivity (Wildman–Crippen MR) is 630 cm³/mol. The Hall–Kier alpha value is -5.68. The fourth-order valence-corrected chi connectivity index (χ4v) is 29.9. The maximum Gasteiger partial charge on any atom is 0.324 e. The zero-order chi connectivity index (χ0) is 107. The van der Waals surface area contributed by atoms with Gasteiger partial charge in [0.05, 0.1) is 54.3 Å². The minimum absolute atomic E-state index is 0.0406. The summed E-state index contributed by atoms with van der Waals surface area (Å²) in [5, 5.41) is 21.2. The second-order valence-corrected chi connectivity index (χ2v) is 53.8. The molecule has 816 valence electrons. The molecule has 17 atom stereocenters. The second-order valence-electron chi connectivity index (χ2n) is 42.9. The van der Waals surface area contributed by atoms with Crippen molar-refractivity contribution in [2.24, 2.45) is 87.8 Å². The summed E-state index contributed by atoms with van der Waals surface area (Å²) in [7, 11) is 0. The number of thiocarbonyl (C=S) groups is 3. The number of carbonyl (C=O) groups excluding carboxylic acids is 5. The third-order valence-corrected chi connectivity index (χ3v) is 38.6. The summed E-state index contributed by atoms with van der Waals surface area (Å²) in [4.78, 5) is 93.8. The molecule has 9 rings (SSSR count). The van der Waals surface area contributed by atoms with Gasteiger partial charge < -0.3 is 43.4 Å². The Morgan fingerprint density at radius 3 is 1.18 bits per heavy atom. The third-order valence-electron chi connectivity index (χ3n) is 29.9. The van der Waals surface area contributed by atoms with Gasteiger partial charge in [0.2, 0.25) is 0 Å². The Morgan fingerprint density at radius 2 is 0.796 bits per heavy atom. The number of rotatable bonds is 72. The zero-order valence-corrected chi connectivity index (χ0v) is 97.4. The van der Waals surface area contributed by atoms with Gasteiger partial charge in [-0.3, -0.25) is 33.6 Å². The number of fused-ring (bicyclic) bond motifs is 2. The molecule has 1 heterocycles. The first-order valence-corrected chi connectivity index (χ1v) is 62.0. The van der Waals surface area contributed by atoms with Crippen molar-refractivity contribution in [1.82, 2.24) is 0 Å². The van der Waals surface area contributed by atoms with Crippen molar-refractivity contribution >= 4 is 160 Å². The molecule has 17 unspecified atom stereocenters. The number of carboxylic acid groups (broad SMARTS) is 2. The molecule has 16 nitrogen and oxygen atoms in total. The molecule has 4 aromatic carbocycles. The van der Waals surface area contributed by atoms with Crippen LogP contribution >= 0.6 is 107 Å². The molecular weight excluding hydrogens is 2010 g/mol. The highest BCUT2D eigenvalue weighted by Gasteiger charge is 2.53. The van der Waals surface area contributed by atoms with Gasteiger partial charge in [-0.25, -0.2) is 0 Å². The van der Waals surface area contributed by atoms with E-state index in [0.29, 0.717) is 73.2 Å². The molecule has 1 aliphatic heterocycles. The number of cyclic esters (lactones) is 2. The maximum atomic E-state index is 13.7. The Labute approximate surface area is 926 Å². The monoisotopic (exact) mass is 2190 g/mol. The summed E-state index contributed by atoms with van der Waals surface area (Å²) in [6.45, 7) is 34.7. The lowest BCUT2D eigenvalue weighted by Crippen LogP contribution is -2.39. The minimum atomic E-state index is -1.35. The molecule has 25 heteroatoms. The van der Waals surface area contributed by atoms with Crippen molar-refractivity contribution < 1.29 is 76.9 Å². The minimum Gasteiger partial charge on any atom is -0.481 e. The highest BCUT2D eigenvalue weighted by atomic mass is 32.2. The van der Waals surface area contributed by atoms with Gasteiger partial charge in [-0.2, -0.15) is 0 Å². The average molecular weight is 2190 g/mol. The van der Waals surface area contributed by atoms with Crippen molar-refractivity contribution in [2.75, 3.05) is 57.5 Å². The van der Waals surface area contributed by atoms with E-state index in [1.807, 2.05) is 137 Å². The normalized spacial score (nSPS) is 20.6. The number of allylic oxidation sites excluding steroid dienone is 6. The standard InChI is InChI=1S/C48H68O7S3.C48H66O6S3.C26H44O3S3/c1-6-9-10-11-12-13-14-15-16-23-28-57-47(56)58-42(38-26-21-18-22-27-38)31-40(44(49)50)43(45(51)52)41(37-24-19-17-20-25-37)32-48(4,5)46(53)55-34-54-33-39-30-35(7-2)29-36(39)8-3;1-6-9-10-11-12-13-14-15-16-23-28-56-47(55)57-42(38-26-21-18-22-27-38)31-40-43(45(50)54-44(40)49)41(37-24-19-17-20-25-37)32-48(4,5)46(51)53-34-52-33-39-30-35(7-2)29-36(39)8-3;1-4-5-6-7-8-9-10-11-12-13-16-31-25(30)32-26(2,3)24(27)29-20-28-19-23-18-21-14-15-22(23)17-21/h7-8,17-22,24-27,35-36,39-43H,2-3,6,9-16,23,28-34H2,1,4-5H3,(H,49,50)(H,51,52);7-8,17-22,24-27,35-36,39-43H,2-3,6,9-16,23,28-34H2,1,4-5H3;14-15,21-23H,4-13,16-20H2,1-3H3. The topological polar surface area (TPSA) is 225 Å². The van der Waals surface area contributed by atoms with Gasteiger partial charge in [0.1, 0.15) is 15.3 Å². The van der Waals surface area contributed by atoms with Crippen LogP contribution in [0.5, 0.6) is 0 Å². The van der Waals surface area contributed by atoms with Crippen LogP contribution in [0.4, 0.5) is 0 Å². The van der Waals surface area contributed by atoms with Crippen molar-refractivity contribution in [3.63, 3.8) is 0 Å². The van der Waals surface area contributed by atoms with Gasteiger partial charge in [-0.1, -0.05) is 424 Å². The summed E-state index contributed by atoms with van der Waals surface area (Å²) < 4.78 is 41.2. The highest BCUT2D eigenvalue weighted by Crippen LogP contribution is 2.52. The molecule has 2 bridgehead atoms. The zero-order valence-electron chi connectivity index (χ0n) is 90.1. The number of benzene rings is 4. The first kappa shape index (κ1) is 128. The molecule has 5 aliphatic rings. The van der Waals surface area contributed by atoms with E-state index in [-0.39, 0.29) is 62.0 Å². The van der Waals surface area contributed by atoms with Crippen LogP contribution in [0.15, 0.2) is 184 Å². The van der Waals surface area contributed by atoms with Crippen LogP contribution in [0, 0.1) is 87.8 Å². The number of carbonyl (C=O) groups is 7. The lowest BCUT2D eigenvalue weighted by molar-refractivity contribution is -0.170. The Morgan fingerprint density at radius 1 is 0.422 bits per heavy atom. The molecule has 0 radical (unpaired) electrons. The Balaban J connectivity index is 0.000000311. The molecule has 0 spiro atoms. The summed E-state index contributed by atoms with van der Waals surface area (Å²) in [5.74, 6) is -3.18. The number of ether oxygens (including phenoxy) is 7. The highest BCUT2D eigenvalue weighted by molar-refractivity contribution is 8.48. The molecule has 2 N–H and O–H groups in total. The average Bonchev–Trinajstić information content (AvgIpc) is 1.76. The van der Waals surface area contributed by atoms with Crippen LogP contribution in [0.3, 0.4) is 0 Å². The third kappa shape index (κ3) is 48.1. The molecular formula is C122H178O16S9. The molecule has 4 aliphatic carbocycles. The smallest absolute Gasteiger partial charge is 0.324 e. The van der Waals surface area contributed by atoms with Crippen LogP contribution in [0.2, 0.25) is 0 Å². The van der Waals surface area contributed by atoms with Gasteiger partial charge in [0.25, 0.3) is 0 Å². The first-order valence-electron chi connectivity index (χ1n) is 55.3. The second kappa shape index (κ2) is 72.9.